The lowest BCUT2D eigenvalue weighted by atomic mass is 10.4. The molecule has 15 heavy (non-hydrogen) atoms. The maximum atomic E-state index is 5.29. The molecule has 0 atom stereocenters. The van der Waals surface area contributed by atoms with E-state index >= 15 is 0 Å². The Hall–Kier alpha value is -1.52. The van der Waals surface area contributed by atoms with Crippen LogP contribution in [-0.4, -0.2) is 4.98 Å². The van der Waals surface area contributed by atoms with Crippen LogP contribution in [0.3, 0.4) is 0 Å². The lowest BCUT2D eigenvalue weighted by molar-refractivity contribution is 1.11. The van der Waals surface area contributed by atoms with E-state index in [9.17, 15) is 0 Å². The van der Waals surface area contributed by atoms with Gasteiger partial charge < -0.3 is 5.43 Å². The zero-order chi connectivity index (χ0) is 10.5. The van der Waals surface area contributed by atoms with Crippen LogP contribution in [0.15, 0.2) is 58.5 Å². The van der Waals surface area contributed by atoms with Crippen LogP contribution in [0.5, 0.6) is 0 Å². The number of hydrogen-bond acceptors (Lipinski definition) is 4. The van der Waals surface area contributed by atoms with Gasteiger partial charge in [-0.15, -0.1) is 0 Å². The monoisotopic (exact) mass is 217 g/mol. The van der Waals surface area contributed by atoms with E-state index in [2.05, 4.69) is 22.5 Å². The summed E-state index contributed by atoms with van der Waals surface area (Å²) in [4.78, 5) is 5.48. The van der Waals surface area contributed by atoms with Crippen LogP contribution in [0.4, 0.5) is 5.82 Å². The molecule has 1 aromatic heterocycles. The SMILES string of the molecule is NNc1cccc(Sc2ccccc2)n1. The third-order valence-corrected chi connectivity index (χ3v) is 2.78. The highest BCUT2D eigenvalue weighted by Gasteiger charge is 1.98. The first-order valence-electron chi connectivity index (χ1n) is 4.55. The fraction of sp³-hybridized carbons (Fsp3) is 0. The predicted octanol–water partition coefficient (Wildman–Crippen LogP) is 2.52. The van der Waals surface area contributed by atoms with Gasteiger partial charge in [0.05, 0.1) is 0 Å². The molecule has 0 saturated carbocycles. The molecule has 0 fully saturated rings. The summed E-state index contributed by atoms with van der Waals surface area (Å²) in [5.74, 6) is 5.97. The van der Waals surface area contributed by atoms with Gasteiger partial charge in [-0.3, -0.25) is 0 Å². The highest BCUT2D eigenvalue weighted by molar-refractivity contribution is 7.99. The minimum atomic E-state index is 0.677. The highest BCUT2D eigenvalue weighted by Crippen LogP contribution is 2.25. The van der Waals surface area contributed by atoms with Gasteiger partial charge in [0.15, 0.2) is 0 Å². The van der Waals surface area contributed by atoms with Gasteiger partial charge in [0, 0.05) is 4.90 Å². The molecule has 0 aliphatic rings. The summed E-state index contributed by atoms with van der Waals surface area (Å²) in [6, 6.07) is 15.8. The summed E-state index contributed by atoms with van der Waals surface area (Å²) in [6.07, 6.45) is 0. The second-order valence-corrected chi connectivity index (χ2v) is 4.01. The molecule has 1 heterocycles. The fourth-order valence-electron chi connectivity index (χ4n) is 1.16. The second-order valence-electron chi connectivity index (χ2n) is 2.92. The standard InChI is InChI=1S/C11H11N3S/c12-14-10-7-4-8-11(13-10)15-9-5-2-1-3-6-9/h1-8H,12H2,(H,13,14). The van der Waals surface area contributed by atoms with Crippen molar-refractivity contribution in [2.75, 3.05) is 5.43 Å². The summed E-state index contributed by atoms with van der Waals surface area (Å²) in [5, 5.41) is 0.927. The molecule has 0 spiro atoms. The Labute approximate surface area is 92.7 Å². The van der Waals surface area contributed by atoms with Crippen LogP contribution < -0.4 is 11.3 Å². The lowest BCUT2D eigenvalue weighted by Gasteiger charge is -2.02. The van der Waals surface area contributed by atoms with Crippen LogP contribution in [0.2, 0.25) is 0 Å². The van der Waals surface area contributed by atoms with Gasteiger partial charge >= 0.3 is 0 Å². The average Bonchev–Trinajstić information content (AvgIpc) is 2.31. The Balaban J connectivity index is 2.17. The van der Waals surface area contributed by atoms with Crippen molar-refractivity contribution in [3.63, 3.8) is 0 Å². The van der Waals surface area contributed by atoms with E-state index in [4.69, 9.17) is 5.84 Å². The van der Waals surface area contributed by atoms with Crippen molar-refractivity contribution in [3.8, 4) is 0 Å². The summed E-state index contributed by atoms with van der Waals surface area (Å²) in [5.41, 5.74) is 2.53. The molecule has 0 radical (unpaired) electrons. The fourth-order valence-corrected chi connectivity index (χ4v) is 1.99. The van der Waals surface area contributed by atoms with E-state index in [1.54, 1.807) is 11.8 Å². The molecular formula is C11H11N3S. The molecule has 4 heteroatoms. The molecule has 0 aliphatic heterocycles. The molecule has 2 rings (SSSR count). The lowest BCUT2D eigenvalue weighted by Crippen LogP contribution is -2.08. The molecule has 76 valence electrons. The van der Waals surface area contributed by atoms with Crippen LogP contribution in [0, 0.1) is 0 Å². The largest absolute Gasteiger partial charge is 0.308 e. The second kappa shape index (κ2) is 4.82. The molecule has 0 bridgehead atoms. The van der Waals surface area contributed by atoms with Crippen molar-refractivity contribution in [2.24, 2.45) is 5.84 Å². The van der Waals surface area contributed by atoms with Crippen LogP contribution in [0.25, 0.3) is 0 Å². The van der Waals surface area contributed by atoms with Crippen molar-refractivity contribution in [2.45, 2.75) is 9.92 Å². The molecule has 0 unspecified atom stereocenters. The first kappa shape index (κ1) is 10.0. The molecule has 0 amide bonds. The Bertz CT molecular complexity index is 431. The summed E-state index contributed by atoms with van der Waals surface area (Å²) >= 11 is 1.61. The van der Waals surface area contributed by atoms with Crippen LogP contribution in [0.1, 0.15) is 0 Å². The Morgan fingerprint density at radius 2 is 1.80 bits per heavy atom. The number of aromatic nitrogens is 1. The zero-order valence-electron chi connectivity index (χ0n) is 8.05. The molecule has 3 N–H and O–H groups in total. The van der Waals surface area contributed by atoms with Gasteiger partial charge in [-0.1, -0.05) is 36.0 Å². The maximum absolute atomic E-state index is 5.29. The van der Waals surface area contributed by atoms with Crippen molar-refractivity contribution < 1.29 is 0 Å². The van der Waals surface area contributed by atoms with Crippen LogP contribution >= 0.6 is 11.8 Å². The van der Waals surface area contributed by atoms with Gasteiger partial charge in [0.1, 0.15) is 10.8 Å². The molecule has 2 aromatic rings. The number of nitrogen functional groups attached to an aromatic ring is 1. The number of anilines is 1. The zero-order valence-corrected chi connectivity index (χ0v) is 8.87. The molecule has 0 saturated heterocycles. The quantitative estimate of drug-likeness (QED) is 0.612. The predicted molar refractivity (Wildman–Crippen MR) is 62.6 cm³/mol. The molecular weight excluding hydrogens is 206 g/mol. The number of rotatable bonds is 3. The average molecular weight is 217 g/mol. The van der Waals surface area contributed by atoms with Crippen molar-refractivity contribution in [1.29, 1.82) is 0 Å². The van der Waals surface area contributed by atoms with E-state index in [0.29, 0.717) is 5.82 Å². The molecule has 3 nitrogen and oxygen atoms in total. The molecule has 0 aliphatic carbocycles. The van der Waals surface area contributed by atoms with Gasteiger partial charge in [-0.2, -0.15) is 0 Å². The minimum Gasteiger partial charge on any atom is -0.308 e. The third kappa shape index (κ3) is 2.71. The van der Waals surface area contributed by atoms with Gasteiger partial charge in [0.2, 0.25) is 0 Å². The number of hydrazine groups is 1. The number of pyridine rings is 1. The van der Waals surface area contributed by atoms with Crippen LogP contribution in [-0.2, 0) is 0 Å². The first-order chi connectivity index (χ1) is 7.38. The van der Waals surface area contributed by atoms with E-state index in [1.807, 2.05) is 36.4 Å². The summed E-state index contributed by atoms with van der Waals surface area (Å²) in [6.45, 7) is 0. The Morgan fingerprint density at radius 3 is 2.53 bits per heavy atom. The van der Waals surface area contributed by atoms with E-state index in [1.165, 1.54) is 4.90 Å². The smallest absolute Gasteiger partial charge is 0.141 e. The topological polar surface area (TPSA) is 50.9 Å². The van der Waals surface area contributed by atoms with Crippen molar-refractivity contribution >= 4 is 17.6 Å². The normalized spacial score (nSPS) is 9.93. The van der Waals surface area contributed by atoms with E-state index in [0.717, 1.165) is 5.03 Å². The van der Waals surface area contributed by atoms with Crippen molar-refractivity contribution in [1.82, 2.24) is 4.98 Å². The van der Waals surface area contributed by atoms with E-state index in [-0.39, 0.29) is 0 Å². The summed E-state index contributed by atoms with van der Waals surface area (Å²) < 4.78 is 0. The maximum Gasteiger partial charge on any atom is 0.141 e. The Kier molecular flexibility index (Phi) is 3.22. The van der Waals surface area contributed by atoms with E-state index < -0.39 is 0 Å². The van der Waals surface area contributed by atoms with Gasteiger partial charge in [-0.25, -0.2) is 10.8 Å². The number of benzene rings is 1. The minimum absolute atomic E-state index is 0.677. The van der Waals surface area contributed by atoms with Crippen molar-refractivity contribution in [3.05, 3.63) is 48.5 Å². The number of nitrogens with two attached hydrogens (primary N) is 1. The first-order valence-corrected chi connectivity index (χ1v) is 5.37. The molecule has 1 aromatic carbocycles. The summed E-state index contributed by atoms with van der Waals surface area (Å²) in [7, 11) is 0. The third-order valence-electron chi connectivity index (χ3n) is 1.84. The number of nitrogens with zero attached hydrogens (tertiary/aromatic N) is 1. The van der Waals surface area contributed by atoms with Gasteiger partial charge in [-0.05, 0) is 24.3 Å². The Morgan fingerprint density at radius 1 is 1.00 bits per heavy atom. The number of hydrogen-bond donors (Lipinski definition) is 2. The number of nitrogens with one attached hydrogen (secondary N) is 1. The highest BCUT2D eigenvalue weighted by atomic mass is 32.2. The van der Waals surface area contributed by atoms with Gasteiger partial charge in [0.25, 0.3) is 0 Å².